The van der Waals surface area contributed by atoms with Crippen LogP contribution in [0.3, 0.4) is 0 Å². The first kappa shape index (κ1) is 10.4. The third kappa shape index (κ3) is 2.92. The van der Waals surface area contributed by atoms with Gasteiger partial charge in [0.25, 0.3) is 0 Å². The molecule has 0 unspecified atom stereocenters. The molecular formula is C14H18O. The predicted molar refractivity (Wildman–Crippen MR) is 61.9 cm³/mol. The van der Waals surface area contributed by atoms with Crippen LogP contribution in [0.5, 0.6) is 0 Å². The summed E-state index contributed by atoms with van der Waals surface area (Å²) >= 11 is 0. The van der Waals surface area contributed by atoms with E-state index in [4.69, 9.17) is 0 Å². The molecule has 0 heterocycles. The lowest BCUT2D eigenvalue weighted by atomic mass is 10.0. The fourth-order valence-electron chi connectivity index (χ4n) is 1.88. The Morgan fingerprint density at radius 3 is 2.73 bits per heavy atom. The van der Waals surface area contributed by atoms with Gasteiger partial charge in [-0.05, 0) is 36.8 Å². The van der Waals surface area contributed by atoms with E-state index in [0.29, 0.717) is 11.7 Å². The van der Waals surface area contributed by atoms with Crippen molar-refractivity contribution in [3.63, 3.8) is 0 Å². The molecule has 0 aromatic heterocycles. The minimum absolute atomic E-state index is 0.416. The first-order valence-electron chi connectivity index (χ1n) is 5.90. The van der Waals surface area contributed by atoms with E-state index in [1.54, 1.807) is 0 Å². The van der Waals surface area contributed by atoms with Gasteiger partial charge in [-0.25, -0.2) is 0 Å². The van der Waals surface area contributed by atoms with E-state index in [1.165, 1.54) is 11.1 Å². The molecule has 1 aliphatic carbocycles. The van der Waals surface area contributed by atoms with E-state index in [9.17, 15) is 4.79 Å². The van der Waals surface area contributed by atoms with Crippen molar-refractivity contribution in [2.24, 2.45) is 5.92 Å². The van der Waals surface area contributed by atoms with Gasteiger partial charge in [0, 0.05) is 12.3 Å². The van der Waals surface area contributed by atoms with Crippen molar-refractivity contribution >= 4 is 5.78 Å². The Morgan fingerprint density at radius 1 is 1.33 bits per heavy atom. The second kappa shape index (κ2) is 4.61. The van der Waals surface area contributed by atoms with E-state index in [-0.39, 0.29) is 0 Å². The highest BCUT2D eigenvalue weighted by Gasteiger charge is 2.28. The Kier molecular flexibility index (Phi) is 3.20. The van der Waals surface area contributed by atoms with Crippen LogP contribution in [0.2, 0.25) is 0 Å². The molecule has 1 aromatic carbocycles. The summed E-state index contributed by atoms with van der Waals surface area (Å²) in [5.41, 5.74) is 2.68. The third-order valence-electron chi connectivity index (χ3n) is 3.09. The Balaban J connectivity index is 1.89. The van der Waals surface area contributed by atoms with Gasteiger partial charge in [0.1, 0.15) is 5.78 Å². The maximum atomic E-state index is 11.5. The summed E-state index contributed by atoms with van der Waals surface area (Å²) in [6.45, 7) is 2.16. The SMILES string of the molecule is CCc1cccc(CCC(=O)C2CC2)c1. The number of benzene rings is 1. The number of carbonyl (C=O) groups is 1. The summed E-state index contributed by atoms with van der Waals surface area (Å²) in [4.78, 5) is 11.5. The fraction of sp³-hybridized carbons (Fsp3) is 0.500. The molecule has 1 aliphatic rings. The number of rotatable bonds is 5. The first-order chi connectivity index (χ1) is 7.29. The second-order valence-electron chi connectivity index (χ2n) is 4.41. The van der Waals surface area contributed by atoms with Crippen molar-refractivity contribution in [2.45, 2.75) is 39.0 Å². The van der Waals surface area contributed by atoms with Crippen LogP contribution in [0.4, 0.5) is 0 Å². The lowest BCUT2D eigenvalue weighted by Crippen LogP contribution is -2.02. The maximum Gasteiger partial charge on any atom is 0.136 e. The number of Topliss-reactive ketones (excluding diaryl/α,β-unsaturated/α-hetero) is 1. The average molecular weight is 202 g/mol. The zero-order chi connectivity index (χ0) is 10.7. The molecule has 1 aromatic rings. The Bertz CT molecular complexity index is 350. The Morgan fingerprint density at radius 2 is 2.07 bits per heavy atom. The molecule has 80 valence electrons. The van der Waals surface area contributed by atoms with Gasteiger partial charge in [-0.2, -0.15) is 0 Å². The largest absolute Gasteiger partial charge is 0.299 e. The van der Waals surface area contributed by atoms with E-state index < -0.39 is 0 Å². The van der Waals surface area contributed by atoms with Gasteiger partial charge >= 0.3 is 0 Å². The lowest BCUT2D eigenvalue weighted by molar-refractivity contribution is -0.120. The van der Waals surface area contributed by atoms with Crippen LogP contribution in [0, 0.1) is 5.92 Å². The van der Waals surface area contributed by atoms with Gasteiger partial charge in [0.15, 0.2) is 0 Å². The van der Waals surface area contributed by atoms with Gasteiger partial charge in [0.2, 0.25) is 0 Å². The molecule has 1 nitrogen and oxygen atoms in total. The van der Waals surface area contributed by atoms with Crippen molar-refractivity contribution in [3.05, 3.63) is 35.4 Å². The smallest absolute Gasteiger partial charge is 0.136 e. The number of hydrogen-bond acceptors (Lipinski definition) is 1. The van der Waals surface area contributed by atoms with Crippen LogP contribution in [-0.2, 0) is 17.6 Å². The Labute approximate surface area is 91.5 Å². The van der Waals surface area contributed by atoms with Crippen molar-refractivity contribution in [1.82, 2.24) is 0 Å². The predicted octanol–water partition coefficient (Wildman–Crippen LogP) is 3.16. The summed E-state index contributed by atoms with van der Waals surface area (Å²) in [6, 6.07) is 8.58. The zero-order valence-corrected chi connectivity index (χ0v) is 9.33. The van der Waals surface area contributed by atoms with Crippen LogP contribution in [0.25, 0.3) is 0 Å². The molecule has 0 bridgehead atoms. The third-order valence-corrected chi connectivity index (χ3v) is 3.09. The summed E-state index contributed by atoms with van der Waals surface area (Å²) in [7, 11) is 0. The molecule has 0 atom stereocenters. The van der Waals surface area contributed by atoms with E-state index >= 15 is 0 Å². The number of hydrogen-bond donors (Lipinski definition) is 0. The molecule has 2 rings (SSSR count). The number of ketones is 1. The zero-order valence-electron chi connectivity index (χ0n) is 9.33. The highest BCUT2D eigenvalue weighted by Crippen LogP contribution is 2.31. The number of aryl methyl sites for hydroxylation is 2. The molecule has 0 saturated heterocycles. The van der Waals surface area contributed by atoms with Crippen molar-refractivity contribution in [1.29, 1.82) is 0 Å². The Hall–Kier alpha value is -1.11. The van der Waals surface area contributed by atoms with E-state index in [1.807, 2.05) is 0 Å². The molecule has 0 radical (unpaired) electrons. The van der Waals surface area contributed by atoms with Crippen LogP contribution in [0.1, 0.15) is 37.3 Å². The minimum Gasteiger partial charge on any atom is -0.299 e. The van der Waals surface area contributed by atoms with Gasteiger partial charge in [0.05, 0.1) is 0 Å². The highest BCUT2D eigenvalue weighted by atomic mass is 16.1. The summed E-state index contributed by atoms with van der Waals surface area (Å²) < 4.78 is 0. The topological polar surface area (TPSA) is 17.1 Å². The first-order valence-corrected chi connectivity index (χ1v) is 5.90. The minimum atomic E-state index is 0.416. The second-order valence-corrected chi connectivity index (χ2v) is 4.41. The highest BCUT2D eigenvalue weighted by molar-refractivity contribution is 5.83. The van der Waals surface area contributed by atoms with Gasteiger partial charge in [-0.15, -0.1) is 0 Å². The summed E-state index contributed by atoms with van der Waals surface area (Å²) in [6.07, 6.45) is 4.99. The lowest BCUT2D eigenvalue weighted by Gasteiger charge is -2.02. The quantitative estimate of drug-likeness (QED) is 0.716. The average Bonchev–Trinajstić information content (AvgIpc) is 3.10. The summed E-state index contributed by atoms with van der Waals surface area (Å²) in [5.74, 6) is 0.885. The fourth-order valence-corrected chi connectivity index (χ4v) is 1.88. The molecule has 0 N–H and O–H groups in total. The van der Waals surface area contributed by atoms with Crippen LogP contribution >= 0.6 is 0 Å². The standard InChI is InChI=1S/C14H18O/c1-2-11-4-3-5-12(10-11)6-9-14(15)13-7-8-13/h3-5,10,13H,2,6-9H2,1H3. The summed E-state index contributed by atoms with van der Waals surface area (Å²) in [5, 5.41) is 0. The van der Waals surface area contributed by atoms with Crippen molar-refractivity contribution in [3.8, 4) is 0 Å². The molecule has 0 aliphatic heterocycles. The molecule has 15 heavy (non-hydrogen) atoms. The normalized spacial score (nSPS) is 15.3. The molecule has 1 heteroatoms. The van der Waals surface area contributed by atoms with Crippen LogP contribution < -0.4 is 0 Å². The number of carbonyl (C=O) groups excluding carboxylic acids is 1. The van der Waals surface area contributed by atoms with Gasteiger partial charge < -0.3 is 0 Å². The van der Waals surface area contributed by atoms with Gasteiger partial charge in [-0.3, -0.25) is 4.79 Å². The molecular weight excluding hydrogens is 184 g/mol. The monoisotopic (exact) mass is 202 g/mol. The molecule has 1 saturated carbocycles. The van der Waals surface area contributed by atoms with Crippen molar-refractivity contribution < 1.29 is 4.79 Å². The van der Waals surface area contributed by atoms with E-state index in [2.05, 4.69) is 31.2 Å². The molecule has 0 spiro atoms. The van der Waals surface area contributed by atoms with Gasteiger partial charge in [-0.1, -0.05) is 31.2 Å². The maximum absolute atomic E-state index is 11.5. The van der Waals surface area contributed by atoms with E-state index in [0.717, 1.165) is 32.1 Å². The van der Waals surface area contributed by atoms with Crippen LogP contribution in [0.15, 0.2) is 24.3 Å². The van der Waals surface area contributed by atoms with Crippen LogP contribution in [-0.4, -0.2) is 5.78 Å². The van der Waals surface area contributed by atoms with Crippen molar-refractivity contribution in [2.75, 3.05) is 0 Å². The molecule has 0 amide bonds. The molecule has 1 fully saturated rings.